The molecule has 7 heteroatoms. The number of hydrogen-bond acceptors (Lipinski definition) is 3. The molecule has 2 aromatic heterocycles. The van der Waals surface area contributed by atoms with E-state index in [2.05, 4.69) is 15.3 Å². The van der Waals surface area contributed by atoms with Crippen molar-refractivity contribution in [3.05, 3.63) is 42.2 Å². The second-order valence-corrected chi connectivity index (χ2v) is 5.55. The molecule has 21 heavy (non-hydrogen) atoms. The minimum Gasteiger partial charge on any atom is -0.327 e. The molecule has 110 valence electrons. The summed E-state index contributed by atoms with van der Waals surface area (Å²) in [4.78, 5) is 4.44. The van der Waals surface area contributed by atoms with Crippen LogP contribution in [0.5, 0.6) is 0 Å². The molecular weight excluding hydrogens is 293 g/mol. The third kappa shape index (κ3) is 2.90. The number of halogens is 2. The van der Waals surface area contributed by atoms with Crippen molar-refractivity contribution in [1.82, 2.24) is 24.5 Å². The minimum atomic E-state index is -0.288. The number of aryl methyl sites for hydroxylation is 2. The average molecular weight is 308 g/mol. The van der Waals surface area contributed by atoms with Gasteiger partial charge in [-0.15, -0.1) is 16.7 Å². The van der Waals surface area contributed by atoms with Crippen LogP contribution in [-0.2, 0) is 13.1 Å². The first-order chi connectivity index (χ1) is 10.1. The van der Waals surface area contributed by atoms with Crippen LogP contribution in [0.4, 0.5) is 4.39 Å². The summed E-state index contributed by atoms with van der Waals surface area (Å²) < 4.78 is 17.1. The molecule has 1 unspecified atom stereocenters. The van der Waals surface area contributed by atoms with E-state index in [4.69, 9.17) is 11.6 Å². The van der Waals surface area contributed by atoms with Crippen LogP contribution in [0.2, 0.25) is 0 Å². The fraction of sp³-hybridized carbons (Fsp3) is 0.357. The summed E-state index contributed by atoms with van der Waals surface area (Å²) in [5, 5.41) is 7.48. The van der Waals surface area contributed by atoms with Crippen LogP contribution in [0, 0.1) is 5.82 Å². The monoisotopic (exact) mass is 307 g/mol. The molecule has 3 aromatic rings. The van der Waals surface area contributed by atoms with Gasteiger partial charge in [-0.25, -0.2) is 9.37 Å². The molecule has 0 spiro atoms. The first-order valence-electron chi connectivity index (χ1n) is 6.79. The highest BCUT2D eigenvalue weighted by Crippen LogP contribution is 2.25. The van der Waals surface area contributed by atoms with Gasteiger partial charge >= 0.3 is 0 Å². The van der Waals surface area contributed by atoms with Crippen molar-refractivity contribution in [1.29, 1.82) is 0 Å². The van der Waals surface area contributed by atoms with Crippen molar-refractivity contribution in [2.45, 2.75) is 31.8 Å². The number of aromatic nitrogens is 5. The van der Waals surface area contributed by atoms with E-state index in [1.807, 2.05) is 17.7 Å². The van der Waals surface area contributed by atoms with Crippen LogP contribution in [0.1, 0.15) is 24.5 Å². The smallest absolute Gasteiger partial charge is 0.127 e. The van der Waals surface area contributed by atoms with Crippen LogP contribution in [0.3, 0.4) is 0 Å². The Bertz CT molecular complexity index is 735. The molecule has 0 radical (unpaired) electrons. The zero-order valence-corrected chi connectivity index (χ0v) is 12.3. The SMILES string of the molecule is CC(Cl)c1nc2cc(F)ccc2n1CCCn1ccnn1. The molecule has 0 amide bonds. The van der Waals surface area contributed by atoms with Crippen molar-refractivity contribution >= 4 is 22.6 Å². The lowest BCUT2D eigenvalue weighted by Crippen LogP contribution is -2.08. The van der Waals surface area contributed by atoms with Gasteiger partial charge in [0.1, 0.15) is 11.6 Å². The predicted molar refractivity (Wildman–Crippen MR) is 78.6 cm³/mol. The first kappa shape index (κ1) is 14.0. The predicted octanol–water partition coefficient (Wildman–Crippen LogP) is 3.16. The van der Waals surface area contributed by atoms with E-state index < -0.39 is 0 Å². The largest absolute Gasteiger partial charge is 0.327 e. The van der Waals surface area contributed by atoms with Gasteiger partial charge in [0, 0.05) is 25.4 Å². The van der Waals surface area contributed by atoms with Crippen LogP contribution >= 0.6 is 11.6 Å². The molecule has 2 heterocycles. The van der Waals surface area contributed by atoms with Gasteiger partial charge in [-0.1, -0.05) is 5.21 Å². The molecule has 1 aromatic carbocycles. The molecule has 0 fully saturated rings. The molecule has 0 aliphatic heterocycles. The maximum absolute atomic E-state index is 13.3. The van der Waals surface area contributed by atoms with Gasteiger partial charge < -0.3 is 4.57 Å². The molecule has 0 bridgehead atoms. The van der Waals surface area contributed by atoms with Crippen molar-refractivity contribution in [2.24, 2.45) is 0 Å². The van der Waals surface area contributed by atoms with Crippen molar-refractivity contribution in [3.8, 4) is 0 Å². The molecule has 0 N–H and O–H groups in total. The lowest BCUT2D eigenvalue weighted by Gasteiger charge is -2.10. The topological polar surface area (TPSA) is 48.5 Å². The van der Waals surface area contributed by atoms with E-state index in [1.165, 1.54) is 12.1 Å². The number of imidazole rings is 1. The van der Waals surface area contributed by atoms with E-state index in [0.717, 1.165) is 30.9 Å². The normalized spacial score (nSPS) is 12.9. The minimum absolute atomic E-state index is 0.230. The lowest BCUT2D eigenvalue weighted by atomic mass is 10.3. The number of benzene rings is 1. The van der Waals surface area contributed by atoms with Crippen LogP contribution < -0.4 is 0 Å². The van der Waals surface area contributed by atoms with Gasteiger partial charge in [0.15, 0.2) is 0 Å². The Hall–Kier alpha value is -1.95. The van der Waals surface area contributed by atoms with E-state index in [0.29, 0.717) is 5.52 Å². The van der Waals surface area contributed by atoms with Gasteiger partial charge in [0.2, 0.25) is 0 Å². The number of fused-ring (bicyclic) bond motifs is 1. The number of hydrogen-bond donors (Lipinski definition) is 0. The number of alkyl halides is 1. The highest BCUT2D eigenvalue weighted by Gasteiger charge is 2.15. The summed E-state index contributed by atoms with van der Waals surface area (Å²) in [6, 6.07) is 4.63. The van der Waals surface area contributed by atoms with Gasteiger partial charge in [0.25, 0.3) is 0 Å². The Morgan fingerprint density at radius 2 is 2.19 bits per heavy atom. The van der Waals surface area contributed by atoms with E-state index in [-0.39, 0.29) is 11.2 Å². The van der Waals surface area contributed by atoms with Crippen molar-refractivity contribution in [2.75, 3.05) is 0 Å². The van der Waals surface area contributed by atoms with E-state index >= 15 is 0 Å². The second-order valence-electron chi connectivity index (χ2n) is 4.89. The van der Waals surface area contributed by atoms with Crippen molar-refractivity contribution < 1.29 is 4.39 Å². The van der Waals surface area contributed by atoms with Crippen molar-refractivity contribution in [3.63, 3.8) is 0 Å². The summed E-state index contributed by atoms with van der Waals surface area (Å²) in [5.41, 5.74) is 1.54. The zero-order valence-electron chi connectivity index (χ0n) is 11.6. The summed E-state index contributed by atoms with van der Waals surface area (Å²) in [6.07, 6.45) is 4.34. The summed E-state index contributed by atoms with van der Waals surface area (Å²) in [6.45, 7) is 3.37. The Kier molecular flexibility index (Phi) is 3.88. The van der Waals surface area contributed by atoms with Crippen LogP contribution in [0.15, 0.2) is 30.6 Å². The summed E-state index contributed by atoms with van der Waals surface area (Å²) in [5.74, 6) is 0.472. The molecular formula is C14H15ClFN5. The van der Waals surface area contributed by atoms with Crippen LogP contribution in [-0.4, -0.2) is 24.5 Å². The van der Waals surface area contributed by atoms with Gasteiger partial charge in [-0.05, 0) is 25.5 Å². The molecule has 0 saturated heterocycles. The Balaban J connectivity index is 1.86. The quantitative estimate of drug-likeness (QED) is 0.680. The summed E-state index contributed by atoms with van der Waals surface area (Å²) >= 11 is 6.19. The highest BCUT2D eigenvalue weighted by atomic mass is 35.5. The lowest BCUT2D eigenvalue weighted by molar-refractivity contribution is 0.511. The molecule has 1 atom stereocenters. The van der Waals surface area contributed by atoms with Gasteiger partial charge in [0.05, 0.1) is 22.6 Å². The van der Waals surface area contributed by atoms with E-state index in [9.17, 15) is 4.39 Å². The molecule has 0 aliphatic carbocycles. The van der Waals surface area contributed by atoms with Gasteiger partial charge in [-0.2, -0.15) is 0 Å². The molecule has 0 aliphatic rings. The maximum Gasteiger partial charge on any atom is 0.127 e. The third-order valence-corrected chi connectivity index (χ3v) is 3.53. The number of rotatable bonds is 5. The zero-order chi connectivity index (χ0) is 14.8. The Morgan fingerprint density at radius 1 is 1.33 bits per heavy atom. The standard InChI is InChI=1S/C14H15ClFN5/c1-10(15)14-18-12-9-11(16)3-4-13(12)21(14)7-2-6-20-8-5-17-19-20/h3-5,8-10H,2,6-7H2,1H3. The third-order valence-electron chi connectivity index (χ3n) is 3.34. The molecule has 0 saturated carbocycles. The highest BCUT2D eigenvalue weighted by molar-refractivity contribution is 6.20. The fourth-order valence-corrected chi connectivity index (χ4v) is 2.57. The number of nitrogens with zero attached hydrogens (tertiary/aromatic N) is 5. The van der Waals surface area contributed by atoms with Crippen LogP contribution in [0.25, 0.3) is 11.0 Å². The average Bonchev–Trinajstić information content (AvgIpc) is 3.06. The maximum atomic E-state index is 13.3. The Morgan fingerprint density at radius 3 is 2.90 bits per heavy atom. The summed E-state index contributed by atoms with van der Waals surface area (Å²) in [7, 11) is 0. The molecule has 3 rings (SSSR count). The first-order valence-corrected chi connectivity index (χ1v) is 7.22. The second kappa shape index (κ2) is 5.81. The fourth-order valence-electron chi connectivity index (χ4n) is 2.40. The Labute approximate surface area is 126 Å². The van der Waals surface area contributed by atoms with E-state index in [1.54, 1.807) is 16.9 Å². The van der Waals surface area contributed by atoms with Gasteiger partial charge in [-0.3, -0.25) is 4.68 Å². The molecule has 5 nitrogen and oxygen atoms in total.